The van der Waals surface area contributed by atoms with Crippen LogP contribution in [-0.4, -0.2) is 21.9 Å². The van der Waals surface area contributed by atoms with Crippen LogP contribution in [0, 0.1) is 12.7 Å². The van der Waals surface area contributed by atoms with Crippen molar-refractivity contribution in [3.63, 3.8) is 0 Å². The lowest BCUT2D eigenvalue weighted by molar-refractivity contribution is 0.0917. The molecule has 0 saturated heterocycles. The van der Waals surface area contributed by atoms with Gasteiger partial charge in [0, 0.05) is 34.7 Å². The van der Waals surface area contributed by atoms with Crippen LogP contribution in [0.2, 0.25) is 0 Å². The van der Waals surface area contributed by atoms with Crippen molar-refractivity contribution >= 4 is 28.4 Å². The van der Waals surface area contributed by atoms with Crippen LogP contribution in [0.25, 0.3) is 10.9 Å². The fourth-order valence-corrected chi connectivity index (χ4v) is 3.15. The molecule has 0 saturated carbocycles. The quantitative estimate of drug-likeness (QED) is 0.706. The maximum atomic E-state index is 13.5. The molecule has 5 nitrogen and oxygen atoms in total. The zero-order valence-electron chi connectivity index (χ0n) is 16.7. The van der Waals surface area contributed by atoms with E-state index in [2.05, 4.69) is 10.6 Å². The molecule has 2 amide bonds. The smallest absolute Gasteiger partial charge is 0.272 e. The number of nitrogens with one attached hydrogen (secondary N) is 2. The molecule has 0 fully saturated rings. The van der Waals surface area contributed by atoms with Crippen molar-refractivity contribution < 1.29 is 14.0 Å². The molecular weight excluding hydrogens is 357 g/mol. The summed E-state index contributed by atoms with van der Waals surface area (Å²) in [6.45, 7) is 7.53. The standard InChI is InChI=1S/C22H24FN3O2/c1-13-16(20(27)25-22(2,3)4)7-6-8-17(13)24-21(28)19-12-14-11-15(23)9-10-18(14)26(19)5/h6-12H,1-5H3,(H,24,28)(H,25,27). The maximum Gasteiger partial charge on any atom is 0.272 e. The van der Waals surface area contributed by atoms with Gasteiger partial charge in [-0.15, -0.1) is 0 Å². The summed E-state index contributed by atoms with van der Waals surface area (Å²) in [5.41, 5.74) is 2.56. The third kappa shape index (κ3) is 3.91. The van der Waals surface area contributed by atoms with Gasteiger partial charge in [-0.3, -0.25) is 9.59 Å². The normalized spacial score (nSPS) is 11.5. The van der Waals surface area contributed by atoms with Crippen LogP contribution in [0.4, 0.5) is 10.1 Å². The summed E-state index contributed by atoms with van der Waals surface area (Å²) in [6.07, 6.45) is 0. The summed E-state index contributed by atoms with van der Waals surface area (Å²) in [6, 6.07) is 11.3. The highest BCUT2D eigenvalue weighted by atomic mass is 19.1. The molecule has 0 atom stereocenters. The third-order valence-corrected chi connectivity index (χ3v) is 4.55. The first kappa shape index (κ1) is 19.6. The van der Waals surface area contributed by atoms with Crippen LogP contribution in [0.1, 0.15) is 47.2 Å². The van der Waals surface area contributed by atoms with Crippen molar-refractivity contribution in [2.24, 2.45) is 7.05 Å². The molecule has 0 unspecified atom stereocenters. The second-order valence-corrected chi connectivity index (χ2v) is 7.93. The lowest BCUT2D eigenvalue weighted by atomic mass is 10.0. The molecule has 0 aliphatic carbocycles. The van der Waals surface area contributed by atoms with Gasteiger partial charge in [-0.05, 0) is 69.7 Å². The number of benzene rings is 2. The molecule has 6 heteroatoms. The third-order valence-electron chi connectivity index (χ3n) is 4.55. The van der Waals surface area contributed by atoms with Gasteiger partial charge in [0.1, 0.15) is 11.5 Å². The number of aryl methyl sites for hydroxylation is 1. The van der Waals surface area contributed by atoms with E-state index in [1.54, 1.807) is 48.9 Å². The SMILES string of the molecule is Cc1c(NC(=O)c2cc3cc(F)ccc3n2C)cccc1C(=O)NC(C)(C)C. The Morgan fingerprint density at radius 3 is 2.43 bits per heavy atom. The molecule has 146 valence electrons. The first-order valence-electron chi connectivity index (χ1n) is 9.05. The summed E-state index contributed by atoms with van der Waals surface area (Å²) >= 11 is 0. The predicted octanol–water partition coefficient (Wildman–Crippen LogP) is 4.41. The number of carbonyl (C=O) groups is 2. The minimum Gasteiger partial charge on any atom is -0.347 e. The Morgan fingerprint density at radius 2 is 1.75 bits per heavy atom. The Morgan fingerprint density at radius 1 is 1.04 bits per heavy atom. The number of halogens is 1. The molecule has 0 aliphatic heterocycles. The van der Waals surface area contributed by atoms with Gasteiger partial charge in [-0.25, -0.2) is 4.39 Å². The van der Waals surface area contributed by atoms with Gasteiger partial charge in [-0.1, -0.05) is 6.07 Å². The largest absolute Gasteiger partial charge is 0.347 e. The Balaban J connectivity index is 1.90. The molecule has 1 heterocycles. The Hall–Kier alpha value is -3.15. The van der Waals surface area contributed by atoms with Gasteiger partial charge in [-0.2, -0.15) is 0 Å². The molecule has 1 aromatic heterocycles. The van der Waals surface area contributed by atoms with Crippen LogP contribution in [0.15, 0.2) is 42.5 Å². The fraction of sp³-hybridized carbons (Fsp3) is 0.273. The maximum absolute atomic E-state index is 13.5. The lowest BCUT2D eigenvalue weighted by Crippen LogP contribution is -2.40. The highest BCUT2D eigenvalue weighted by Gasteiger charge is 2.20. The number of aromatic nitrogens is 1. The lowest BCUT2D eigenvalue weighted by Gasteiger charge is -2.21. The zero-order chi connectivity index (χ0) is 20.6. The van der Waals surface area contributed by atoms with E-state index in [-0.39, 0.29) is 23.2 Å². The van der Waals surface area contributed by atoms with Gasteiger partial charge in [0.15, 0.2) is 0 Å². The number of anilines is 1. The number of amides is 2. The van der Waals surface area contributed by atoms with Crippen molar-refractivity contribution in [3.05, 3.63) is 65.1 Å². The van der Waals surface area contributed by atoms with Crippen molar-refractivity contribution in [1.82, 2.24) is 9.88 Å². The number of hydrogen-bond acceptors (Lipinski definition) is 2. The van der Waals surface area contributed by atoms with Crippen LogP contribution in [0.5, 0.6) is 0 Å². The predicted molar refractivity (Wildman–Crippen MR) is 109 cm³/mol. The van der Waals surface area contributed by atoms with Gasteiger partial charge in [0.25, 0.3) is 11.8 Å². The first-order chi connectivity index (χ1) is 13.1. The van der Waals surface area contributed by atoms with E-state index in [1.807, 2.05) is 20.8 Å². The number of rotatable bonds is 3. The molecule has 0 bridgehead atoms. The summed E-state index contributed by atoms with van der Waals surface area (Å²) < 4.78 is 15.2. The minimum atomic E-state index is -0.360. The van der Waals surface area contributed by atoms with Crippen molar-refractivity contribution in [2.45, 2.75) is 33.2 Å². The summed E-state index contributed by atoms with van der Waals surface area (Å²) in [5.74, 6) is -0.866. The summed E-state index contributed by atoms with van der Waals surface area (Å²) in [7, 11) is 1.76. The van der Waals surface area contributed by atoms with Crippen molar-refractivity contribution in [2.75, 3.05) is 5.32 Å². The second-order valence-electron chi connectivity index (χ2n) is 7.93. The fourth-order valence-electron chi connectivity index (χ4n) is 3.15. The number of carbonyl (C=O) groups excluding carboxylic acids is 2. The first-order valence-corrected chi connectivity index (χ1v) is 9.05. The zero-order valence-corrected chi connectivity index (χ0v) is 16.7. The van der Waals surface area contributed by atoms with Crippen LogP contribution in [0.3, 0.4) is 0 Å². The second kappa shape index (κ2) is 7.11. The molecule has 3 rings (SSSR count). The Labute approximate surface area is 163 Å². The molecule has 28 heavy (non-hydrogen) atoms. The van der Waals surface area contributed by atoms with E-state index in [1.165, 1.54) is 12.1 Å². The molecule has 0 aliphatic rings. The minimum absolute atomic E-state index is 0.193. The van der Waals surface area contributed by atoms with Crippen LogP contribution < -0.4 is 10.6 Å². The van der Waals surface area contributed by atoms with E-state index < -0.39 is 0 Å². The molecule has 0 spiro atoms. The average Bonchev–Trinajstić information content (AvgIpc) is 2.91. The van der Waals surface area contributed by atoms with Crippen LogP contribution >= 0.6 is 0 Å². The van der Waals surface area contributed by atoms with Gasteiger partial charge in [0.2, 0.25) is 0 Å². The number of nitrogens with zero attached hydrogens (tertiary/aromatic N) is 1. The monoisotopic (exact) mass is 381 g/mol. The van der Waals surface area contributed by atoms with Gasteiger partial charge >= 0.3 is 0 Å². The molecule has 0 radical (unpaired) electrons. The molecule has 2 N–H and O–H groups in total. The Bertz CT molecular complexity index is 1080. The summed E-state index contributed by atoms with van der Waals surface area (Å²) in [5, 5.41) is 6.45. The number of hydrogen-bond donors (Lipinski definition) is 2. The average molecular weight is 381 g/mol. The topological polar surface area (TPSA) is 63.1 Å². The van der Waals surface area contributed by atoms with Crippen LogP contribution in [-0.2, 0) is 7.05 Å². The highest BCUT2D eigenvalue weighted by molar-refractivity contribution is 6.07. The van der Waals surface area contributed by atoms with Crippen molar-refractivity contribution in [3.8, 4) is 0 Å². The number of fused-ring (bicyclic) bond motifs is 1. The highest BCUT2D eigenvalue weighted by Crippen LogP contribution is 2.23. The molecular formula is C22H24FN3O2. The van der Waals surface area contributed by atoms with Gasteiger partial charge < -0.3 is 15.2 Å². The molecule has 2 aromatic carbocycles. The van der Waals surface area contributed by atoms with E-state index >= 15 is 0 Å². The van der Waals surface area contributed by atoms with E-state index in [0.717, 1.165) is 5.52 Å². The van der Waals surface area contributed by atoms with E-state index in [4.69, 9.17) is 0 Å². The van der Waals surface area contributed by atoms with Gasteiger partial charge in [0.05, 0.1) is 0 Å². The Kier molecular flexibility index (Phi) is 4.98. The molecule has 3 aromatic rings. The van der Waals surface area contributed by atoms with E-state index in [9.17, 15) is 14.0 Å². The summed E-state index contributed by atoms with van der Waals surface area (Å²) in [4.78, 5) is 25.4. The van der Waals surface area contributed by atoms with E-state index in [0.29, 0.717) is 27.9 Å². The van der Waals surface area contributed by atoms with Crippen molar-refractivity contribution in [1.29, 1.82) is 0 Å².